The minimum Gasteiger partial charge on any atom is -0.384 e. The summed E-state index contributed by atoms with van der Waals surface area (Å²) in [6, 6.07) is 0. The first-order valence-corrected chi connectivity index (χ1v) is 8.74. The summed E-state index contributed by atoms with van der Waals surface area (Å²) in [5.74, 6) is 2.86. The largest absolute Gasteiger partial charge is 0.384 e. The van der Waals surface area contributed by atoms with E-state index in [0.29, 0.717) is 13.0 Å². The zero-order chi connectivity index (χ0) is 16.4. The Morgan fingerprint density at radius 2 is 2.25 bits per heavy atom. The highest BCUT2D eigenvalue weighted by atomic mass is 16.5. The number of piperidine rings is 1. The Bertz CT molecular complexity index is 702. The maximum absolute atomic E-state index is 5.50. The first-order valence-electron chi connectivity index (χ1n) is 8.74. The van der Waals surface area contributed by atoms with Crippen molar-refractivity contribution >= 4 is 5.82 Å². The number of hydrogen-bond acceptors (Lipinski definition) is 7. The molecule has 7 nitrogen and oxygen atoms in total. The Hall–Kier alpha value is -2.02. The average Bonchev–Trinajstić information content (AvgIpc) is 3.29. The van der Waals surface area contributed by atoms with Gasteiger partial charge in [-0.25, -0.2) is 9.97 Å². The summed E-state index contributed by atoms with van der Waals surface area (Å²) in [6.45, 7) is 2.53. The van der Waals surface area contributed by atoms with Gasteiger partial charge in [-0.15, -0.1) is 0 Å². The van der Waals surface area contributed by atoms with E-state index in [1.165, 1.54) is 17.7 Å². The van der Waals surface area contributed by atoms with E-state index in [1.54, 1.807) is 13.4 Å². The third-order valence-electron chi connectivity index (χ3n) is 4.94. The second-order valence-electron chi connectivity index (χ2n) is 6.55. The lowest BCUT2D eigenvalue weighted by atomic mass is 9.97. The molecule has 0 N–H and O–H groups in total. The summed E-state index contributed by atoms with van der Waals surface area (Å²) in [6.07, 6.45) is 7.94. The number of methoxy groups -OCH3 is 1. The van der Waals surface area contributed by atoms with Crippen LogP contribution in [0.3, 0.4) is 0 Å². The van der Waals surface area contributed by atoms with E-state index in [1.807, 2.05) is 0 Å². The molecule has 4 rings (SSSR count). The number of aromatic nitrogens is 4. The molecule has 1 fully saturated rings. The third kappa shape index (κ3) is 3.00. The van der Waals surface area contributed by atoms with Gasteiger partial charge in [0.05, 0.1) is 12.5 Å². The molecule has 0 spiro atoms. The lowest BCUT2D eigenvalue weighted by molar-refractivity contribution is 0.199. The van der Waals surface area contributed by atoms with Crippen LogP contribution in [0.15, 0.2) is 10.9 Å². The fourth-order valence-corrected chi connectivity index (χ4v) is 3.71. The van der Waals surface area contributed by atoms with Crippen molar-refractivity contribution in [3.05, 3.63) is 29.3 Å². The van der Waals surface area contributed by atoms with Crippen LogP contribution in [0.1, 0.15) is 48.2 Å². The number of fused-ring (bicyclic) bond motifs is 1. The van der Waals surface area contributed by atoms with Crippen molar-refractivity contribution in [2.45, 2.75) is 44.4 Å². The van der Waals surface area contributed by atoms with Crippen LogP contribution in [0.25, 0.3) is 0 Å². The summed E-state index contributed by atoms with van der Waals surface area (Å²) in [7, 11) is 1.68. The molecule has 2 aromatic heterocycles. The van der Waals surface area contributed by atoms with Gasteiger partial charge in [-0.1, -0.05) is 5.16 Å². The van der Waals surface area contributed by atoms with Gasteiger partial charge < -0.3 is 14.2 Å². The van der Waals surface area contributed by atoms with Gasteiger partial charge in [0.25, 0.3) is 0 Å². The molecule has 0 amide bonds. The molecule has 7 heteroatoms. The standard InChI is InChI=1S/C17H23N5O2/c1-23-9-7-15-20-17(24-21-15)12-4-3-8-22(10-12)16-13-5-2-6-14(13)18-11-19-16/h11-12H,2-10H2,1H3/t12-/m0/s1. The summed E-state index contributed by atoms with van der Waals surface area (Å²) < 4.78 is 10.6. The Morgan fingerprint density at radius 3 is 3.17 bits per heavy atom. The molecule has 3 heterocycles. The highest BCUT2D eigenvalue weighted by Gasteiger charge is 2.29. The van der Waals surface area contributed by atoms with E-state index in [0.717, 1.165) is 56.3 Å². The van der Waals surface area contributed by atoms with Crippen LogP contribution in [0, 0.1) is 0 Å². The van der Waals surface area contributed by atoms with Crippen molar-refractivity contribution in [1.29, 1.82) is 0 Å². The third-order valence-corrected chi connectivity index (χ3v) is 4.94. The molecule has 1 aliphatic carbocycles. The van der Waals surface area contributed by atoms with Gasteiger partial charge in [0.15, 0.2) is 5.82 Å². The molecule has 0 aromatic carbocycles. The van der Waals surface area contributed by atoms with Gasteiger partial charge in [0.2, 0.25) is 5.89 Å². The molecular formula is C17H23N5O2. The molecule has 24 heavy (non-hydrogen) atoms. The highest BCUT2D eigenvalue weighted by Crippen LogP contribution is 2.33. The van der Waals surface area contributed by atoms with Gasteiger partial charge in [-0.05, 0) is 32.1 Å². The lowest BCUT2D eigenvalue weighted by Gasteiger charge is -2.32. The summed E-state index contributed by atoms with van der Waals surface area (Å²) >= 11 is 0. The predicted molar refractivity (Wildman–Crippen MR) is 88.1 cm³/mol. The van der Waals surface area contributed by atoms with Crippen LogP contribution in [0.5, 0.6) is 0 Å². The van der Waals surface area contributed by atoms with Gasteiger partial charge in [-0.3, -0.25) is 0 Å². The maximum Gasteiger partial charge on any atom is 0.231 e. The van der Waals surface area contributed by atoms with Crippen LogP contribution in [0.4, 0.5) is 5.82 Å². The van der Waals surface area contributed by atoms with Crippen molar-refractivity contribution in [2.24, 2.45) is 0 Å². The molecule has 0 radical (unpaired) electrons. The van der Waals surface area contributed by atoms with Crippen LogP contribution in [0.2, 0.25) is 0 Å². The van der Waals surface area contributed by atoms with Crippen LogP contribution in [-0.4, -0.2) is 46.9 Å². The van der Waals surface area contributed by atoms with E-state index in [4.69, 9.17) is 9.26 Å². The summed E-state index contributed by atoms with van der Waals surface area (Å²) in [4.78, 5) is 15.9. The zero-order valence-corrected chi connectivity index (χ0v) is 14.1. The molecule has 2 aromatic rings. The second kappa shape index (κ2) is 6.84. The zero-order valence-electron chi connectivity index (χ0n) is 14.1. The minimum atomic E-state index is 0.273. The van der Waals surface area contributed by atoms with E-state index >= 15 is 0 Å². The SMILES string of the molecule is COCCc1noc([C@H]2CCCN(c3ncnc4c3CCC4)C2)n1. The Morgan fingerprint density at radius 1 is 1.29 bits per heavy atom. The first-order chi connectivity index (χ1) is 11.8. The van der Waals surface area contributed by atoms with Crippen LogP contribution in [-0.2, 0) is 24.0 Å². The molecule has 0 bridgehead atoms. The average molecular weight is 329 g/mol. The molecular weight excluding hydrogens is 306 g/mol. The molecule has 1 aliphatic heterocycles. The van der Waals surface area contributed by atoms with E-state index in [-0.39, 0.29) is 5.92 Å². The molecule has 1 atom stereocenters. The normalized spacial score (nSPS) is 20.4. The van der Waals surface area contributed by atoms with Crippen LogP contribution < -0.4 is 4.90 Å². The number of ether oxygens (including phenoxy) is 1. The van der Waals surface area contributed by atoms with Gasteiger partial charge in [0.1, 0.15) is 12.1 Å². The summed E-state index contributed by atoms with van der Waals surface area (Å²) in [5, 5.41) is 4.07. The first kappa shape index (κ1) is 15.5. The maximum atomic E-state index is 5.50. The van der Waals surface area contributed by atoms with Crippen molar-refractivity contribution < 1.29 is 9.26 Å². The van der Waals surface area contributed by atoms with Crippen molar-refractivity contribution in [3.8, 4) is 0 Å². The van der Waals surface area contributed by atoms with E-state index < -0.39 is 0 Å². The number of nitrogens with zero attached hydrogens (tertiary/aromatic N) is 5. The lowest BCUT2D eigenvalue weighted by Crippen LogP contribution is -2.35. The fraction of sp³-hybridized carbons (Fsp3) is 0.647. The smallest absolute Gasteiger partial charge is 0.231 e. The number of anilines is 1. The molecule has 0 saturated carbocycles. The van der Waals surface area contributed by atoms with Crippen molar-refractivity contribution in [1.82, 2.24) is 20.1 Å². The van der Waals surface area contributed by atoms with Crippen molar-refractivity contribution in [3.63, 3.8) is 0 Å². The number of hydrogen-bond donors (Lipinski definition) is 0. The van der Waals surface area contributed by atoms with E-state index in [2.05, 4.69) is 25.0 Å². The minimum absolute atomic E-state index is 0.273. The number of aryl methyl sites for hydroxylation is 1. The molecule has 128 valence electrons. The predicted octanol–water partition coefficient (Wildman–Crippen LogP) is 1.92. The Balaban J connectivity index is 1.50. The van der Waals surface area contributed by atoms with E-state index in [9.17, 15) is 0 Å². The van der Waals surface area contributed by atoms with Gasteiger partial charge in [-0.2, -0.15) is 4.98 Å². The Labute approximate surface area is 141 Å². The molecule has 2 aliphatic rings. The topological polar surface area (TPSA) is 77.2 Å². The van der Waals surface area contributed by atoms with Crippen LogP contribution >= 0.6 is 0 Å². The molecule has 1 saturated heterocycles. The monoisotopic (exact) mass is 329 g/mol. The molecule has 0 unspecified atom stereocenters. The fourth-order valence-electron chi connectivity index (χ4n) is 3.71. The Kier molecular flexibility index (Phi) is 4.42. The van der Waals surface area contributed by atoms with Gasteiger partial charge >= 0.3 is 0 Å². The second-order valence-corrected chi connectivity index (χ2v) is 6.55. The van der Waals surface area contributed by atoms with Gasteiger partial charge in [0, 0.05) is 37.9 Å². The number of rotatable bonds is 5. The summed E-state index contributed by atoms with van der Waals surface area (Å²) in [5.41, 5.74) is 2.56. The van der Waals surface area contributed by atoms with Crippen molar-refractivity contribution in [2.75, 3.05) is 31.7 Å². The highest BCUT2D eigenvalue weighted by molar-refractivity contribution is 5.51. The quantitative estimate of drug-likeness (QED) is 0.829.